The highest BCUT2D eigenvalue weighted by Crippen LogP contribution is 2.57. The molecule has 0 bridgehead atoms. The van der Waals surface area contributed by atoms with Crippen LogP contribution in [-0.2, 0) is 10.8 Å². The first-order chi connectivity index (χ1) is 29.0. The van der Waals surface area contributed by atoms with Gasteiger partial charge < -0.3 is 4.90 Å². The van der Waals surface area contributed by atoms with E-state index in [1.807, 2.05) is 0 Å². The molecule has 0 aromatic heterocycles. The van der Waals surface area contributed by atoms with Crippen molar-refractivity contribution in [3.63, 3.8) is 0 Å². The van der Waals surface area contributed by atoms with Crippen LogP contribution in [0.3, 0.4) is 0 Å². The van der Waals surface area contributed by atoms with Gasteiger partial charge >= 0.3 is 0 Å². The average molecular weight is 754 g/mol. The Bertz CT molecular complexity index is 2930. The Morgan fingerprint density at radius 3 is 1.32 bits per heavy atom. The molecular weight excluding hydrogens is 711 g/mol. The van der Waals surface area contributed by atoms with Crippen LogP contribution in [0.4, 0.5) is 17.1 Å². The van der Waals surface area contributed by atoms with E-state index in [2.05, 4.69) is 243 Å². The van der Waals surface area contributed by atoms with E-state index in [-0.39, 0.29) is 5.41 Å². The van der Waals surface area contributed by atoms with Crippen LogP contribution in [0.1, 0.15) is 47.2 Å². The smallest absolute Gasteiger partial charge is 0.0713 e. The number of anilines is 3. The summed E-state index contributed by atoms with van der Waals surface area (Å²) in [6, 6.07) is 83.1. The summed E-state index contributed by atoms with van der Waals surface area (Å²) in [5.41, 5.74) is 20.5. The summed E-state index contributed by atoms with van der Waals surface area (Å²) < 4.78 is 0. The fraction of sp³-hybridized carbons (Fsp3) is 0.0690. The third-order valence-corrected chi connectivity index (χ3v) is 13.0. The first-order valence-electron chi connectivity index (χ1n) is 20.7. The lowest BCUT2D eigenvalue weighted by molar-refractivity contribution is 0.660. The van der Waals surface area contributed by atoms with Crippen molar-refractivity contribution >= 4 is 17.1 Å². The summed E-state index contributed by atoms with van der Waals surface area (Å²) in [6.45, 7) is 4.72. The molecule has 1 nitrogen and oxygen atoms in total. The second kappa shape index (κ2) is 13.7. The molecule has 0 saturated heterocycles. The summed E-state index contributed by atoms with van der Waals surface area (Å²) in [5.74, 6) is 0. The lowest BCUT2D eigenvalue weighted by atomic mass is 9.63. The van der Waals surface area contributed by atoms with Crippen molar-refractivity contribution in [2.45, 2.75) is 24.7 Å². The van der Waals surface area contributed by atoms with Gasteiger partial charge in [-0.05, 0) is 103 Å². The Morgan fingerprint density at radius 2 is 0.729 bits per heavy atom. The Labute approximate surface area is 347 Å². The monoisotopic (exact) mass is 753 g/mol. The fourth-order valence-corrected chi connectivity index (χ4v) is 10.3. The number of rotatable bonds is 6. The molecule has 280 valence electrons. The van der Waals surface area contributed by atoms with Crippen LogP contribution in [0.2, 0.25) is 0 Å². The number of fused-ring (bicyclic) bond motifs is 8. The van der Waals surface area contributed by atoms with Crippen molar-refractivity contribution in [1.82, 2.24) is 0 Å². The predicted molar refractivity (Wildman–Crippen MR) is 247 cm³/mol. The zero-order valence-corrected chi connectivity index (χ0v) is 33.3. The molecule has 0 unspecified atom stereocenters. The Balaban J connectivity index is 1.15. The molecular formula is C58H43N. The minimum atomic E-state index is -0.592. The lowest BCUT2D eigenvalue weighted by Crippen LogP contribution is -2.31. The van der Waals surface area contributed by atoms with E-state index in [9.17, 15) is 0 Å². The third-order valence-electron chi connectivity index (χ3n) is 13.0. The summed E-state index contributed by atoms with van der Waals surface area (Å²) in [7, 11) is 0. The topological polar surface area (TPSA) is 3.24 Å². The van der Waals surface area contributed by atoms with Gasteiger partial charge in [0.15, 0.2) is 0 Å². The molecule has 2 aliphatic rings. The molecule has 11 rings (SSSR count). The maximum atomic E-state index is 2.47. The summed E-state index contributed by atoms with van der Waals surface area (Å²) in [6.07, 6.45) is 0. The van der Waals surface area contributed by atoms with Gasteiger partial charge in [0, 0.05) is 22.4 Å². The minimum Gasteiger partial charge on any atom is -0.310 e. The molecule has 0 N–H and O–H groups in total. The molecule has 0 spiro atoms. The number of benzene rings is 9. The first-order valence-corrected chi connectivity index (χ1v) is 20.7. The van der Waals surface area contributed by atoms with E-state index < -0.39 is 5.41 Å². The van der Waals surface area contributed by atoms with Crippen molar-refractivity contribution in [2.75, 3.05) is 4.90 Å². The quantitative estimate of drug-likeness (QED) is 0.163. The van der Waals surface area contributed by atoms with Crippen LogP contribution in [0, 0.1) is 0 Å². The molecule has 0 heterocycles. The van der Waals surface area contributed by atoms with Gasteiger partial charge in [0.2, 0.25) is 0 Å². The molecule has 0 saturated carbocycles. The lowest BCUT2D eigenvalue weighted by Gasteiger charge is -2.38. The zero-order chi connectivity index (χ0) is 39.6. The molecule has 0 fully saturated rings. The maximum Gasteiger partial charge on any atom is 0.0713 e. The van der Waals surface area contributed by atoms with Crippen LogP contribution >= 0.6 is 0 Å². The van der Waals surface area contributed by atoms with E-state index in [1.54, 1.807) is 0 Å². The van der Waals surface area contributed by atoms with E-state index >= 15 is 0 Å². The predicted octanol–water partition coefficient (Wildman–Crippen LogP) is 15.2. The van der Waals surface area contributed by atoms with Gasteiger partial charge in [0.05, 0.1) is 11.1 Å². The summed E-state index contributed by atoms with van der Waals surface area (Å²) in [5, 5.41) is 0. The average Bonchev–Trinajstić information content (AvgIpc) is 3.47. The molecule has 0 amide bonds. The fourth-order valence-electron chi connectivity index (χ4n) is 10.3. The maximum absolute atomic E-state index is 2.47. The van der Waals surface area contributed by atoms with E-state index in [0.29, 0.717) is 0 Å². The molecule has 9 aromatic rings. The van der Waals surface area contributed by atoms with Crippen molar-refractivity contribution < 1.29 is 0 Å². The Hall–Kier alpha value is -7.22. The van der Waals surface area contributed by atoms with Crippen molar-refractivity contribution in [3.8, 4) is 44.5 Å². The highest BCUT2D eigenvalue weighted by molar-refractivity contribution is 5.96. The van der Waals surface area contributed by atoms with Crippen molar-refractivity contribution in [2.24, 2.45) is 0 Å². The SMILES string of the molecule is CC1(C)c2ccccc2-c2c(N(c3ccc(-c4ccccc4)cc3)c3ccc(C4(c5ccccc5)c5ccccc5-c5ccccc5-c5ccccc54)cc3)cccc21. The molecule has 0 radical (unpaired) electrons. The second-order valence-electron chi connectivity index (χ2n) is 16.4. The van der Waals surface area contributed by atoms with Crippen molar-refractivity contribution in [1.29, 1.82) is 0 Å². The molecule has 59 heavy (non-hydrogen) atoms. The number of hydrogen-bond donors (Lipinski definition) is 0. The highest BCUT2D eigenvalue weighted by atomic mass is 15.1. The van der Waals surface area contributed by atoms with Crippen molar-refractivity contribution in [3.05, 3.63) is 258 Å². The Morgan fingerprint density at radius 1 is 0.305 bits per heavy atom. The summed E-state index contributed by atoms with van der Waals surface area (Å²) >= 11 is 0. The number of nitrogens with zero attached hydrogens (tertiary/aromatic N) is 1. The molecule has 0 aliphatic heterocycles. The zero-order valence-electron chi connectivity index (χ0n) is 33.3. The van der Waals surface area contributed by atoms with E-state index in [0.717, 1.165) is 11.4 Å². The van der Waals surface area contributed by atoms with Gasteiger partial charge in [-0.2, -0.15) is 0 Å². The van der Waals surface area contributed by atoms with Gasteiger partial charge in [0.25, 0.3) is 0 Å². The molecule has 2 aliphatic carbocycles. The first kappa shape index (κ1) is 35.0. The molecule has 0 atom stereocenters. The van der Waals surface area contributed by atoms with Gasteiger partial charge in [-0.3, -0.25) is 0 Å². The van der Waals surface area contributed by atoms with Gasteiger partial charge in [-0.15, -0.1) is 0 Å². The molecule has 9 aromatic carbocycles. The van der Waals surface area contributed by atoms with Crippen LogP contribution in [-0.4, -0.2) is 0 Å². The second-order valence-corrected chi connectivity index (χ2v) is 16.4. The summed E-state index contributed by atoms with van der Waals surface area (Å²) in [4.78, 5) is 2.47. The van der Waals surface area contributed by atoms with Crippen LogP contribution in [0.15, 0.2) is 224 Å². The number of hydrogen-bond acceptors (Lipinski definition) is 1. The Kier molecular flexibility index (Phi) is 8.13. The van der Waals surface area contributed by atoms with E-state index in [4.69, 9.17) is 0 Å². The van der Waals surface area contributed by atoms with Crippen LogP contribution in [0.25, 0.3) is 44.5 Å². The van der Waals surface area contributed by atoms with Gasteiger partial charge in [-0.1, -0.05) is 208 Å². The van der Waals surface area contributed by atoms with Crippen LogP contribution < -0.4 is 4.90 Å². The minimum absolute atomic E-state index is 0.117. The van der Waals surface area contributed by atoms with Crippen LogP contribution in [0.5, 0.6) is 0 Å². The van der Waals surface area contributed by atoms with Gasteiger partial charge in [0.1, 0.15) is 0 Å². The largest absolute Gasteiger partial charge is 0.310 e. The standard InChI is InChI=1S/C58H43N/c1-57(2)51-27-14-13-26-50(51)56-54(57)30-17-31-55(56)59(44-36-32-41(33-37-44)40-18-5-3-6-19-40)45-38-34-43(35-39-45)58(42-20-7-4-8-21-42)52-28-15-11-24-48(52)46-22-9-10-23-47(46)49-25-12-16-29-53(49)58/h3-39H,1-2H3. The van der Waals surface area contributed by atoms with E-state index in [1.165, 1.54) is 83.6 Å². The highest BCUT2D eigenvalue weighted by Gasteiger charge is 2.44. The molecule has 1 heteroatoms. The normalized spacial score (nSPS) is 13.9. The third kappa shape index (κ3) is 5.31. The van der Waals surface area contributed by atoms with Gasteiger partial charge in [-0.25, -0.2) is 0 Å².